The Balaban J connectivity index is 0.000000605. The molecule has 0 fully saturated rings. The van der Waals surface area contributed by atoms with E-state index >= 15 is 0 Å². The van der Waals surface area contributed by atoms with Gasteiger partial charge in [0.05, 0.1) is 0 Å². The largest absolute Gasteiger partial charge is 0.414 e. The molecule has 1 nitrogen and oxygen atoms in total. The maximum Gasteiger partial charge on any atom is 0 e. The normalized spacial score (nSPS) is 9.55. The van der Waals surface area contributed by atoms with Gasteiger partial charge in [0.2, 0.25) is 0 Å². The van der Waals surface area contributed by atoms with Gasteiger partial charge in [-0.3, -0.25) is 0 Å². The molecule has 11 heavy (non-hydrogen) atoms. The Hall–Kier alpha value is 0.214. The minimum atomic E-state index is 0. The molecule has 0 aliphatic carbocycles. The molecule has 0 aliphatic rings. The molecule has 0 atom stereocenters. The van der Waals surface area contributed by atoms with Crippen molar-refractivity contribution in [1.29, 1.82) is 0 Å². The van der Waals surface area contributed by atoms with E-state index in [4.69, 9.17) is 0 Å². The molecule has 0 aliphatic heterocycles. The van der Waals surface area contributed by atoms with Crippen molar-refractivity contribution in [3.8, 4) is 0 Å². The van der Waals surface area contributed by atoms with Crippen LogP contribution in [0.15, 0.2) is 29.3 Å². The van der Waals surface area contributed by atoms with Gasteiger partial charge in [-0.2, -0.15) is 24.8 Å². The molecular formula is C8H6NSY-. The molecule has 2 aromatic rings. The smallest absolute Gasteiger partial charge is 0 e. The average molecular weight is 237 g/mol. The number of hydrogen-bond donors (Lipinski definition) is 2. The SMILES string of the molecule is Sc1[c-]cc2[nH]ccc2c1.[Y]. The number of rotatable bonds is 0. The van der Waals surface area contributed by atoms with Gasteiger partial charge in [-0.1, -0.05) is 11.6 Å². The molecule has 2 rings (SSSR count). The second-order valence-electron chi connectivity index (χ2n) is 2.16. The maximum absolute atomic E-state index is 4.17. The molecule has 1 aromatic carbocycles. The number of benzene rings is 1. The van der Waals surface area contributed by atoms with E-state index in [0.29, 0.717) is 0 Å². The number of aromatic amines is 1. The van der Waals surface area contributed by atoms with Crippen LogP contribution in [0.3, 0.4) is 0 Å². The summed E-state index contributed by atoms with van der Waals surface area (Å²) in [6, 6.07) is 8.89. The molecule has 0 saturated heterocycles. The molecule has 1 N–H and O–H groups in total. The fraction of sp³-hybridized carbons (Fsp3) is 0. The van der Waals surface area contributed by atoms with Crippen LogP contribution in [-0.4, -0.2) is 4.98 Å². The van der Waals surface area contributed by atoms with E-state index in [0.717, 1.165) is 10.4 Å². The van der Waals surface area contributed by atoms with E-state index < -0.39 is 0 Å². The Kier molecular flexibility index (Phi) is 3.17. The van der Waals surface area contributed by atoms with Crippen LogP contribution in [0.25, 0.3) is 10.9 Å². The fourth-order valence-electron chi connectivity index (χ4n) is 0.980. The van der Waals surface area contributed by atoms with Crippen LogP contribution in [0.4, 0.5) is 0 Å². The van der Waals surface area contributed by atoms with Gasteiger partial charge in [-0.15, -0.1) is 16.3 Å². The standard InChI is InChI=1S/C8H6NS.Y/c10-7-1-2-8-6(5-7)3-4-9-8;/h2-5,9-10H;/q-1;. The minimum absolute atomic E-state index is 0. The maximum atomic E-state index is 4.17. The predicted molar refractivity (Wildman–Crippen MR) is 44.4 cm³/mol. The summed E-state index contributed by atoms with van der Waals surface area (Å²) in [5.41, 5.74) is 1.11. The Morgan fingerprint density at radius 2 is 2.27 bits per heavy atom. The predicted octanol–water partition coefficient (Wildman–Crippen LogP) is 2.25. The summed E-state index contributed by atoms with van der Waals surface area (Å²) >= 11 is 4.17. The number of nitrogens with one attached hydrogen (secondary N) is 1. The Morgan fingerprint density at radius 1 is 1.45 bits per heavy atom. The van der Waals surface area contributed by atoms with Crippen molar-refractivity contribution in [3.63, 3.8) is 0 Å². The Bertz CT molecular complexity index is 356. The topological polar surface area (TPSA) is 15.8 Å². The quantitative estimate of drug-likeness (QED) is 0.516. The van der Waals surface area contributed by atoms with Crippen LogP contribution in [0.1, 0.15) is 0 Å². The van der Waals surface area contributed by atoms with Crippen LogP contribution in [0.5, 0.6) is 0 Å². The summed E-state index contributed by atoms with van der Waals surface area (Å²) in [5.74, 6) is 0. The summed E-state index contributed by atoms with van der Waals surface area (Å²) in [7, 11) is 0. The zero-order valence-corrected chi connectivity index (χ0v) is 9.57. The van der Waals surface area contributed by atoms with Crippen LogP contribution in [0.2, 0.25) is 0 Å². The van der Waals surface area contributed by atoms with E-state index in [1.807, 2.05) is 24.4 Å². The number of thiol groups is 1. The first-order valence-corrected chi connectivity index (χ1v) is 3.49. The molecule has 0 spiro atoms. The minimum Gasteiger partial charge on any atom is -0.414 e. The van der Waals surface area contributed by atoms with Gasteiger partial charge >= 0.3 is 0 Å². The summed E-state index contributed by atoms with van der Waals surface area (Å²) in [5, 5.41) is 1.18. The van der Waals surface area contributed by atoms with E-state index in [1.165, 1.54) is 5.39 Å². The Morgan fingerprint density at radius 3 is 3.09 bits per heavy atom. The zero-order valence-electron chi connectivity index (χ0n) is 5.83. The van der Waals surface area contributed by atoms with E-state index in [-0.39, 0.29) is 32.7 Å². The number of hydrogen-bond acceptors (Lipinski definition) is 1. The summed E-state index contributed by atoms with van der Waals surface area (Å²) in [6.45, 7) is 0. The van der Waals surface area contributed by atoms with Gasteiger partial charge in [0.25, 0.3) is 0 Å². The fourth-order valence-corrected chi connectivity index (χ4v) is 1.18. The van der Waals surface area contributed by atoms with Crippen molar-refractivity contribution in [3.05, 3.63) is 30.5 Å². The molecule has 53 valence electrons. The van der Waals surface area contributed by atoms with E-state index in [2.05, 4.69) is 23.7 Å². The molecular weight excluding hydrogens is 231 g/mol. The third-order valence-electron chi connectivity index (χ3n) is 1.47. The first-order chi connectivity index (χ1) is 4.86. The number of H-pyrrole nitrogens is 1. The number of fused-ring (bicyclic) bond motifs is 1. The molecule has 0 bridgehead atoms. The van der Waals surface area contributed by atoms with E-state index in [9.17, 15) is 0 Å². The molecule has 0 saturated carbocycles. The zero-order chi connectivity index (χ0) is 6.97. The molecule has 1 radical (unpaired) electrons. The summed E-state index contributed by atoms with van der Waals surface area (Å²) < 4.78 is 0. The van der Waals surface area contributed by atoms with Crippen molar-refractivity contribution in [2.75, 3.05) is 0 Å². The van der Waals surface area contributed by atoms with Crippen molar-refractivity contribution in [2.24, 2.45) is 0 Å². The van der Waals surface area contributed by atoms with Crippen molar-refractivity contribution in [1.82, 2.24) is 4.98 Å². The molecule has 3 heteroatoms. The van der Waals surface area contributed by atoms with Gasteiger partial charge in [0.1, 0.15) is 0 Å². The molecule has 0 unspecified atom stereocenters. The average Bonchev–Trinajstić information content (AvgIpc) is 2.33. The molecule has 1 aromatic heterocycles. The molecule has 0 amide bonds. The van der Waals surface area contributed by atoms with Gasteiger partial charge in [0.15, 0.2) is 0 Å². The second kappa shape index (κ2) is 3.75. The van der Waals surface area contributed by atoms with Crippen LogP contribution in [-0.2, 0) is 32.7 Å². The van der Waals surface area contributed by atoms with Gasteiger partial charge < -0.3 is 4.98 Å². The monoisotopic (exact) mass is 237 g/mol. The molecule has 1 heterocycles. The van der Waals surface area contributed by atoms with Gasteiger partial charge in [-0.05, 0) is 6.20 Å². The summed E-state index contributed by atoms with van der Waals surface area (Å²) in [4.78, 5) is 3.96. The van der Waals surface area contributed by atoms with Crippen LogP contribution in [0, 0.1) is 6.07 Å². The van der Waals surface area contributed by atoms with Gasteiger partial charge in [-0.25, -0.2) is 0 Å². The second-order valence-corrected chi connectivity index (χ2v) is 2.65. The third-order valence-corrected chi connectivity index (χ3v) is 1.73. The van der Waals surface area contributed by atoms with Crippen LogP contribution >= 0.6 is 12.6 Å². The third kappa shape index (κ3) is 1.87. The first kappa shape index (κ1) is 9.30. The van der Waals surface area contributed by atoms with Crippen molar-refractivity contribution in [2.45, 2.75) is 4.90 Å². The number of aromatic nitrogens is 1. The van der Waals surface area contributed by atoms with Crippen molar-refractivity contribution >= 4 is 23.5 Å². The van der Waals surface area contributed by atoms with Crippen LogP contribution < -0.4 is 0 Å². The summed E-state index contributed by atoms with van der Waals surface area (Å²) in [6.07, 6.45) is 1.91. The van der Waals surface area contributed by atoms with Gasteiger partial charge in [0, 0.05) is 32.7 Å². The van der Waals surface area contributed by atoms with Crippen molar-refractivity contribution < 1.29 is 32.7 Å². The Labute approximate surface area is 95.9 Å². The first-order valence-electron chi connectivity index (χ1n) is 3.04. The van der Waals surface area contributed by atoms with E-state index in [1.54, 1.807) is 0 Å².